The Labute approximate surface area is 850 Å². The maximum absolute atomic E-state index is 11.6. The van der Waals surface area contributed by atoms with E-state index < -0.39 is 83.6 Å². The third kappa shape index (κ3) is 30.6. The predicted molar refractivity (Wildman–Crippen MR) is 549 cm³/mol. The third-order valence-corrected chi connectivity index (χ3v) is 36.4. The fraction of sp³-hybridized carbons (Fsp3) is 0.848. The summed E-state index contributed by atoms with van der Waals surface area (Å²) in [4.78, 5) is 56.3. The molecule has 2 aromatic carbocycles. The number of aliphatic hydroxyl groups is 12. The van der Waals surface area contributed by atoms with Gasteiger partial charge >= 0.3 is 29.8 Å². The van der Waals surface area contributed by atoms with Gasteiger partial charge in [-0.1, -0.05) is 311 Å². The minimum atomic E-state index is -1.18. The van der Waals surface area contributed by atoms with Crippen molar-refractivity contribution in [2.75, 3.05) is 33.0 Å². The van der Waals surface area contributed by atoms with Gasteiger partial charge in [-0.2, -0.15) is 0 Å². The molecule has 0 amide bonds. The molecular weight excluding hydrogens is 1890 g/mol. The number of alkyl halides is 1. The summed E-state index contributed by atoms with van der Waals surface area (Å²) in [6.45, 7) is 75.0. The highest BCUT2D eigenvalue weighted by Gasteiger charge is 2.62. The van der Waals surface area contributed by atoms with Crippen LogP contribution >= 0.6 is 22.6 Å². The Kier molecular flexibility index (Phi) is 43.3. The fourth-order valence-electron chi connectivity index (χ4n) is 27.8. The highest BCUT2D eigenvalue weighted by molar-refractivity contribution is 14.1. The quantitative estimate of drug-likeness (QED) is 0.0383. The number of rotatable bonds is 13. The second-order valence-electron chi connectivity index (χ2n) is 52.2. The Balaban J connectivity index is 0.000000282. The molecule has 0 bridgehead atoms. The molecule has 8 aliphatic carbocycles. The Hall–Kier alpha value is -4.12. The molecule has 804 valence electrons. The molecule has 139 heavy (non-hydrogen) atoms. The topological polar surface area (TPSA) is 411 Å². The van der Waals surface area contributed by atoms with Gasteiger partial charge in [0, 0.05) is 129 Å². The number of hydrogen-bond acceptors (Lipinski definition) is 26. The van der Waals surface area contributed by atoms with Gasteiger partial charge in [-0.25, -0.2) is 0 Å². The average Bonchev–Trinajstić information content (AvgIpc) is 0.736. The van der Waals surface area contributed by atoms with E-state index in [-0.39, 0.29) is 170 Å². The molecule has 10 aliphatic rings. The molecule has 0 aromatic heterocycles. The molecular formula is C112H193IO26. The van der Waals surface area contributed by atoms with Crippen molar-refractivity contribution in [3.63, 3.8) is 0 Å². The smallest absolute Gasteiger partial charge is 0.302 e. The molecule has 0 radical (unpaired) electrons. The zero-order valence-electron chi connectivity index (χ0n) is 92.3. The van der Waals surface area contributed by atoms with E-state index in [0.717, 1.165) is 62.5 Å². The summed E-state index contributed by atoms with van der Waals surface area (Å²) in [7, 11) is 0. The predicted octanol–water partition coefficient (Wildman–Crippen LogP) is 18.5. The van der Waals surface area contributed by atoms with Crippen molar-refractivity contribution >= 4 is 52.4 Å². The van der Waals surface area contributed by atoms with Crippen LogP contribution in [0.2, 0.25) is 0 Å². The SMILES string of the molecule is CC(=O)OC1C(C)C(O)C(C)(CO)CC1(C)C.CC(=O)OC1C(C)C2OC(c3ccccc3)OCC2(C)CC1(C)C.CC1(C)CC(C)(CO)C(O)C(O)C1O.CC1(C)CC2(C)COC(c3ccccc3)OC2C(O)C1O.CC1(CO)CC(O)C(O)C(C)(C)C1.CCC1(C)CC(C)(C)C(OC(C)=O)C(C)C1I.CCC1(C)CC(C)(C)C(OC(C)=O)C(C)C1O.CCC1(C)CC(C)C(OC(C)=O)C(C)(C)C1. The van der Waals surface area contributed by atoms with Crippen LogP contribution in [0.15, 0.2) is 60.7 Å². The fourth-order valence-corrected chi connectivity index (χ4v) is 28.8. The number of aliphatic hydroxyl groups excluding tert-OH is 12. The van der Waals surface area contributed by atoms with E-state index in [1.54, 1.807) is 6.92 Å². The van der Waals surface area contributed by atoms with Crippen LogP contribution in [0.1, 0.15) is 363 Å². The van der Waals surface area contributed by atoms with Crippen molar-refractivity contribution in [3.8, 4) is 0 Å². The lowest BCUT2D eigenvalue weighted by molar-refractivity contribution is -0.322. The van der Waals surface area contributed by atoms with E-state index in [1.807, 2.05) is 144 Å². The van der Waals surface area contributed by atoms with Gasteiger partial charge in [0.25, 0.3) is 0 Å². The third-order valence-electron chi connectivity index (χ3n) is 33.7. The highest BCUT2D eigenvalue weighted by atomic mass is 127. The summed E-state index contributed by atoms with van der Waals surface area (Å²) in [5.74, 6) is -0.341. The van der Waals surface area contributed by atoms with Crippen LogP contribution in [0.3, 0.4) is 0 Å². The van der Waals surface area contributed by atoms with Crippen molar-refractivity contribution in [2.24, 2.45) is 116 Å². The van der Waals surface area contributed by atoms with E-state index in [2.05, 4.69) is 154 Å². The molecule has 12 N–H and O–H groups in total. The lowest BCUT2D eigenvalue weighted by atomic mass is 9.57. The molecule has 10 fully saturated rings. The van der Waals surface area contributed by atoms with Crippen molar-refractivity contribution in [2.45, 2.75) is 454 Å². The van der Waals surface area contributed by atoms with Crippen LogP contribution in [0.5, 0.6) is 0 Å². The number of fused-ring (bicyclic) bond motifs is 2. The van der Waals surface area contributed by atoms with E-state index in [0.29, 0.717) is 59.1 Å². The van der Waals surface area contributed by atoms with E-state index in [9.17, 15) is 85.3 Å². The Morgan fingerprint density at radius 1 is 0.331 bits per heavy atom. The van der Waals surface area contributed by atoms with Crippen LogP contribution in [-0.2, 0) is 66.6 Å². The van der Waals surface area contributed by atoms with Crippen molar-refractivity contribution in [1.82, 2.24) is 0 Å². The normalized spacial score (nSPS) is 41.4. The van der Waals surface area contributed by atoms with Gasteiger partial charge in [-0.15, -0.1) is 0 Å². The summed E-state index contributed by atoms with van der Waals surface area (Å²) in [5.41, 5.74) is -0.680. The molecule has 26 nitrogen and oxygen atoms in total. The van der Waals surface area contributed by atoms with Crippen LogP contribution < -0.4 is 0 Å². The minimum absolute atomic E-state index is 0.00571. The summed E-state index contributed by atoms with van der Waals surface area (Å²) in [5, 5.41) is 118. The van der Waals surface area contributed by atoms with E-state index >= 15 is 0 Å². The molecule has 2 aromatic rings. The number of carbonyl (C=O) groups is 5. The molecule has 8 saturated carbocycles. The number of halogens is 1. The second-order valence-corrected chi connectivity index (χ2v) is 53.6. The van der Waals surface area contributed by atoms with Gasteiger partial charge in [0.15, 0.2) is 12.6 Å². The lowest BCUT2D eigenvalue weighted by Gasteiger charge is -2.57. The maximum atomic E-state index is 11.6. The van der Waals surface area contributed by atoms with Gasteiger partial charge in [-0.3, -0.25) is 24.0 Å². The van der Waals surface area contributed by atoms with Gasteiger partial charge in [0.1, 0.15) is 42.7 Å². The Morgan fingerprint density at radius 2 is 0.640 bits per heavy atom. The summed E-state index contributed by atoms with van der Waals surface area (Å²) in [6, 6.07) is 19.7. The Morgan fingerprint density at radius 3 is 1.02 bits per heavy atom. The number of esters is 5. The standard InChI is InChI=1S/C20H28O4.C17H24O4.C14H25IO2.C14H26O3.C14H26O2.C13H24O4.C10H20O4.C10H20O3/c1-13-16(23-14(2)21)19(3,4)11-20(5)12-22-18(24-17(13)20)15-9-7-6-8-10-15;1-16(2)9-17(3)10-20-15(11-7-5-4-6-8-11)21-14(17)12(18)13(16)19;1-7-14(6)8-13(4,5)12(17-10(3)16)9(2)11(14)15;1-7-14(6)8-13(4,5)12(17-10(3)15)9(2)11(14)16;1-7-14(6)8-10(2)12(16-11(3)15)13(4,5)9-14;1-8-10(16)13(5,7-14)6-12(3,4)11(8)17-9(2)15;1-9(2)4-10(3,5-11)8(14)6(12)7(9)13;1-9(2)5-10(3,6-11)4-7(12)8(9)13/h6-10,13,16-18H,11-12H2,1-5H3;4-8,12-15,18-19H,9-10H2,1-3H3;9,11-12H,7-8H2,1-6H3;9,11-12,16H,7-8H2,1-6H3;10,12H,7-9H2,1-6H3;8,10-11,14,16H,6-7H2,1-5H3;6-8,11-14H,4-5H2,1-3H3;7-8,11-13H,4-6H2,1-3H3. The average molecular weight is 2080 g/mol. The molecule has 0 spiro atoms. The van der Waals surface area contributed by atoms with E-state index in [1.165, 1.54) is 47.5 Å². The molecule has 2 aliphatic heterocycles. The first-order valence-electron chi connectivity index (χ1n) is 51.3. The maximum Gasteiger partial charge on any atom is 0.302 e. The van der Waals surface area contributed by atoms with Crippen molar-refractivity contribution in [1.29, 1.82) is 0 Å². The van der Waals surface area contributed by atoms with Crippen molar-refractivity contribution < 1.29 is 128 Å². The molecule has 2 heterocycles. The van der Waals surface area contributed by atoms with Gasteiger partial charge in [0.2, 0.25) is 0 Å². The number of benzene rings is 2. The monoisotopic (exact) mass is 2080 g/mol. The Bertz CT molecular complexity index is 4070. The van der Waals surface area contributed by atoms with Gasteiger partial charge in [-0.05, 0) is 121 Å². The minimum Gasteiger partial charge on any atom is -0.462 e. The summed E-state index contributed by atoms with van der Waals surface area (Å²) < 4.78 is 52.5. The first-order valence-corrected chi connectivity index (χ1v) is 52.6. The molecule has 27 heteroatoms. The van der Waals surface area contributed by atoms with E-state index in [4.69, 9.17) is 42.6 Å². The zero-order chi connectivity index (χ0) is 107. The molecule has 32 atom stereocenters. The molecule has 32 unspecified atom stereocenters. The molecule has 12 rings (SSSR count). The second kappa shape index (κ2) is 48.0. The van der Waals surface area contributed by atoms with Crippen LogP contribution in [0.25, 0.3) is 0 Å². The number of ether oxygens (including phenoxy) is 9. The number of hydrogen-bond donors (Lipinski definition) is 12. The highest BCUT2D eigenvalue weighted by Crippen LogP contribution is 2.60. The summed E-state index contributed by atoms with van der Waals surface area (Å²) in [6.07, 6.45) is 2.45. The van der Waals surface area contributed by atoms with Gasteiger partial charge < -0.3 is 104 Å². The zero-order valence-corrected chi connectivity index (χ0v) is 94.5. The van der Waals surface area contributed by atoms with Crippen LogP contribution in [0.4, 0.5) is 0 Å². The van der Waals surface area contributed by atoms with Crippen LogP contribution in [0, 0.1) is 116 Å². The van der Waals surface area contributed by atoms with Crippen LogP contribution in [-0.4, -0.2) is 226 Å². The number of carbonyl (C=O) groups excluding carboxylic acids is 5. The first kappa shape index (κ1) is 125. The lowest BCUT2D eigenvalue weighted by Crippen LogP contribution is -2.63. The molecule has 2 saturated heterocycles. The van der Waals surface area contributed by atoms with Gasteiger partial charge in [0.05, 0.1) is 81.4 Å². The van der Waals surface area contributed by atoms with Crippen molar-refractivity contribution in [3.05, 3.63) is 71.8 Å². The summed E-state index contributed by atoms with van der Waals surface area (Å²) >= 11 is 2.55. The first-order chi connectivity index (χ1) is 63.2. The largest absolute Gasteiger partial charge is 0.462 e.